The SMILES string of the molecule is CCOC(=O)C1=C(C)Nc2nc(SCc3ccccc3F)[nH]c(=O)c2C1c1ccc(N(CC)CC)cc1. The predicted molar refractivity (Wildman–Crippen MR) is 146 cm³/mol. The van der Waals surface area contributed by atoms with Gasteiger partial charge >= 0.3 is 5.97 Å². The van der Waals surface area contributed by atoms with Gasteiger partial charge in [-0.1, -0.05) is 42.1 Å². The van der Waals surface area contributed by atoms with Gasteiger partial charge in [0.1, 0.15) is 11.6 Å². The van der Waals surface area contributed by atoms with Crippen LogP contribution in [-0.4, -0.2) is 35.6 Å². The van der Waals surface area contributed by atoms with Crippen LogP contribution in [0.15, 0.2) is 69.8 Å². The summed E-state index contributed by atoms with van der Waals surface area (Å²) in [6.07, 6.45) is 0. The number of benzene rings is 2. The third-order valence-corrected chi connectivity index (χ3v) is 7.32. The van der Waals surface area contributed by atoms with Gasteiger partial charge in [0.15, 0.2) is 5.16 Å². The van der Waals surface area contributed by atoms with E-state index in [1.54, 1.807) is 32.0 Å². The van der Waals surface area contributed by atoms with Crippen LogP contribution in [0.1, 0.15) is 50.3 Å². The van der Waals surface area contributed by atoms with E-state index in [9.17, 15) is 14.0 Å². The molecule has 37 heavy (non-hydrogen) atoms. The minimum Gasteiger partial charge on any atom is -0.463 e. The van der Waals surface area contributed by atoms with E-state index in [4.69, 9.17) is 4.74 Å². The number of aromatic amines is 1. The third kappa shape index (κ3) is 5.56. The number of carbonyl (C=O) groups is 1. The van der Waals surface area contributed by atoms with E-state index < -0.39 is 11.9 Å². The highest BCUT2D eigenvalue weighted by Crippen LogP contribution is 2.40. The van der Waals surface area contributed by atoms with Gasteiger partial charge < -0.3 is 19.9 Å². The first-order chi connectivity index (χ1) is 17.9. The first kappa shape index (κ1) is 26.5. The molecule has 0 saturated heterocycles. The number of fused-ring (bicyclic) bond motifs is 1. The molecule has 194 valence electrons. The van der Waals surface area contributed by atoms with Gasteiger partial charge in [-0.05, 0) is 57.0 Å². The highest BCUT2D eigenvalue weighted by molar-refractivity contribution is 7.98. The Morgan fingerprint density at radius 3 is 2.46 bits per heavy atom. The van der Waals surface area contributed by atoms with E-state index in [0.717, 1.165) is 24.3 Å². The van der Waals surface area contributed by atoms with Gasteiger partial charge in [0.25, 0.3) is 5.56 Å². The van der Waals surface area contributed by atoms with E-state index in [1.165, 1.54) is 17.8 Å². The second-order valence-electron chi connectivity index (χ2n) is 8.59. The Morgan fingerprint density at radius 1 is 1.11 bits per heavy atom. The van der Waals surface area contributed by atoms with Crippen molar-refractivity contribution in [3.05, 3.63) is 92.7 Å². The van der Waals surface area contributed by atoms with E-state index in [1.807, 2.05) is 24.3 Å². The standard InChI is InChI=1S/C28H31FN4O3S/c1-5-33(6-2)20-14-12-18(13-15-20)23-22(27(35)36-7-3)17(4)30-25-24(23)26(34)32-28(31-25)37-16-19-10-8-9-11-21(19)29/h8-15,23H,5-7,16H2,1-4H3,(H2,30,31,32,34). The number of allylic oxidation sites excluding steroid dienone is 1. The van der Waals surface area contributed by atoms with Crippen LogP contribution in [-0.2, 0) is 15.3 Å². The van der Waals surface area contributed by atoms with Crippen molar-refractivity contribution < 1.29 is 13.9 Å². The van der Waals surface area contributed by atoms with Gasteiger partial charge in [-0.25, -0.2) is 14.2 Å². The molecule has 1 unspecified atom stereocenters. The summed E-state index contributed by atoms with van der Waals surface area (Å²) in [6, 6.07) is 14.4. The molecule has 0 bridgehead atoms. The molecule has 2 aromatic carbocycles. The number of nitrogens with one attached hydrogen (secondary N) is 2. The van der Waals surface area contributed by atoms with Crippen molar-refractivity contribution >= 4 is 29.2 Å². The van der Waals surface area contributed by atoms with Crippen molar-refractivity contribution in [2.24, 2.45) is 0 Å². The normalized spacial score (nSPS) is 14.7. The van der Waals surface area contributed by atoms with Crippen LogP contribution < -0.4 is 15.8 Å². The van der Waals surface area contributed by atoms with Crippen molar-refractivity contribution in [1.29, 1.82) is 0 Å². The number of aromatic nitrogens is 2. The number of hydrogen-bond acceptors (Lipinski definition) is 7. The fourth-order valence-corrected chi connectivity index (χ4v) is 5.39. The summed E-state index contributed by atoms with van der Waals surface area (Å²) in [7, 11) is 0. The first-order valence-electron chi connectivity index (χ1n) is 12.4. The Labute approximate surface area is 220 Å². The molecule has 4 rings (SSSR count). The number of nitrogens with zero attached hydrogens (tertiary/aromatic N) is 2. The van der Waals surface area contributed by atoms with Gasteiger partial charge in [0.2, 0.25) is 0 Å². The zero-order valence-electron chi connectivity index (χ0n) is 21.4. The largest absolute Gasteiger partial charge is 0.463 e. The summed E-state index contributed by atoms with van der Waals surface area (Å²) in [6.45, 7) is 9.68. The quantitative estimate of drug-likeness (QED) is 0.220. The Bertz CT molecular complexity index is 1370. The zero-order chi connectivity index (χ0) is 26.5. The van der Waals surface area contributed by atoms with E-state index in [2.05, 4.69) is 34.0 Å². The molecule has 0 saturated carbocycles. The molecular weight excluding hydrogens is 491 g/mol. The Kier molecular flexibility index (Phi) is 8.33. The maximum Gasteiger partial charge on any atom is 0.336 e. The summed E-state index contributed by atoms with van der Waals surface area (Å²) in [5.74, 6) is -0.743. The van der Waals surface area contributed by atoms with E-state index >= 15 is 0 Å². The Hall–Kier alpha value is -3.59. The number of hydrogen-bond donors (Lipinski definition) is 2. The number of esters is 1. The van der Waals surface area contributed by atoms with Crippen LogP contribution in [0.5, 0.6) is 0 Å². The highest BCUT2D eigenvalue weighted by atomic mass is 32.2. The average molecular weight is 523 g/mol. The van der Waals surface area contributed by atoms with Gasteiger partial charge in [0, 0.05) is 30.2 Å². The van der Waals surface area contributed by atoms with E-state index in [-0.39, 0.29) is 18.0 Å². The molecule has 2 heterocycles. The van der Waals surface area contributed by atoms with Gasteiger partial charge in [-0.2, -0.15) is 0 Å². The number of carbonyl (C=O) groups excluding carboxylic acids is 1. The fourth-order valence-electron chi connectivity index (χ4n) is 4.54. The lowest BCUT2D eigenvalue weighted by molar-refractivity contribution is -0.138. The van der Waals surface area contributed by atoms with Crippen LogP contribution >= 0.6 is 11.8 Å². The summed E-state index contributed by atoms with van der Waals surface area (Å²) in [5, 5.41) is 3.50. The van der Waals surface area contributed by atoms with Crippen molar-refractivity contribution in [2.75, 3.05) is 29.9 Å². The van der Waals surface area contributed by atoms with Crippen molar-refractivity contribution in [3.63, 3.8) is 0 Å². The number of ether oxygens (including phenoxy) is 1. The van der Waals surface area contributed by atoms with Gasteiger partial charge in [-0.3, -0.25) is 4.79 Å². The summed E-state index contributed by atoms with van der Waals surface area (Å²) in [4.78, 5) is 36.2. The Balaban J connectivity index is 1.75. The second kappa shape index (κ2) is 11.6. The average Bonchev–Trinajstić information content (AvgIpc) is 2.88. The van der Waals surface area contributed by atoms with Crippen molar-refractivity contribution in [1.82, 2.24) is 9.97 Å². The van der Waals surface area contributed by atoms with Crippen LogP contribution in [0.3, 0.4) is 0 Å². The topological polar surface area (TPSA) is 87.3 Å². The number of thioether (sulfide) groups is 1. The summed E-state index contributed by atoms with van der Waals surface area (Å²) in [5.41, 5.74) is 3.32. The highest BCUT2D eigenvalue weighted by Gasteiger charge is 2.36. The molecule has 2 N–H and O–H groups in total. The molecular formula is C28H31FN4O3S. The monoisotopic (exact) mass is 522 g/mol. The van der Waals surface area contributed by atoms with Crippen LogP contribution in [0.4, 0.5) is 15.9 Å². The van der Waals surface area contributed by atoms with Crippen molar-refractivity contribution in [2.45, 2.75) is 44.5 Å². The molecule has 0 spiro atoms. The smallest absolute Gasteiger partial charge is 0.336 e. The molecule has 0 amide bonds. The molecule has 0 fully saturated rings. The molecule has 0 radical (unpaired) electrons. The van der Waals surface area contributed by atoms with Gasteiger partial charge in [0.05, 0.1) is 23.7 Å². The van der Waals surface area contributed by atoms with Crippen LogP contribution in [0.25, 0.3) is 0 Å². The molecule has 1 aliphatic heterocycles. The molecule has 1 aliphatic rings. The Morgan fingerprint density at radius 2 is 1.81 bits per heavy atom. The summed E-state index contributed by atoms with van der Waals surface area (Å²) >= 11 is 1.24. The molecule has 9 heteroatoms. The molecule has 3 aromatic rings. The van der Waals surface area contributed by atoms with Crippen LogP contribution in [0.2, 0.25) is 0 Å². The molecule has 7 nitrogen and oxygen atoms in total. The predicted octanol–water partition coefficient (Wildman–Crippen LogP) is 5.44. The minimum atomic E-state index is -0.650. The number of rotatable bonds is 9. The zero-order valence-corrected chi connectivity index (χ0v) is 22.2. The number of anilines is 2. The minimum absolute atomic E-state index is 0.219. The lowest BCUT2D eigenvalue weighted by atomic mass is 9.82. The van der Waals surface area contributed by atoms with E-state index in [0.29, 0.717) is 39.1 Å². The van der Waals surface area contributed by atoms with Crippen molar-refractivity contribution in [3.8, 4) is 0 Å². The third-order valence-electron chi connectivity index (χ3n) is 6.39. The van der Waals surface area contributed by atoms with Crippen LogP contribution in [0, 0.1) is 5.82 Å². The second-order valence-corrected chi connectivity index (χ2v) is 9.56. The first-order valence-corrected chi connectivity index (χ1v) is 13.4. The lowest BCUT2D eigenvalue weighted by Gasteiger charge is -2.29. The fraction of sp³-hybridized carbons (Fsp3) is 0.321. The van der Waals surface area contributed by atoms with Gasteiger partial charge in [-0.15, -0.1) is 0 Å². The molecule has 1 atom stereocenters. The summed E-state index contributed by atoms with van der Waals surface area (Å²) < 4.78 is 19.4. The number of H-pyrrole nitrogens is 1. The molecule has 1 aromatic heterocycles. The lowest BCUT2D eigenvalue weighted by Crippen LogP contribution is -2.31. The number of halogens is 1. The maximum absolute atomic E-state index is 14.1. The maximum atomic E-state index is 14.1. The molecule has 0 aliphatic carbocycles.